The van der Waals surface area contributed by atoms with Gasteiger partial charge in [0.05, 0.1) is 0 Å². The third-order valence-electron chi connectivity index (χ3n) is 4.54. The molecule has 1 aromatic rings. The van der Waals surface area contributed by atoms with Gasteiger partial charge in [0.1, 0.15) is 12.2 Å². The van der Waals surface area contributed by atoms with Gasteiger partial charge in [-0.15, -0.1) is 0 Å². The van der Waals surface area contributed by atoms with Gasteiger partial charge >= 0.3 is 0 Å². The molecule has 0 radical (unpaired) electrons. The van der Waals surface area contributed by atoms with E-state index < -0.39 is 0 Å². The molecule has 1 saturated carbocycles. The van der Waals surface area contributed by atoms with Gasteiger partial charge in [-0.1, -0.05) is 25.7 Å². The molecular formula is C17H32N4. The van der Waals surface area contributed by atoms with E-state index in [1.54, 1.807) is 6.33 Å². The van der Waals surface area contributed by atoms with Gasteiger partial charge in [0.15, 0.2) is 0 Å². The Balaban J connectivity index is 2.05. The van der Waals surface area contributed by atoms with Crippen molar-refractivity contribution in [1.29, 1.82) is 0 Å². The van der Waals surface area contributed by atoms with E-state index in [-0.39, 0.29) is 5.54 Å². The van der Waals surface area contributed by atoms with Crippen LogP contribution in [0.2, 0.25) is 0 Å². The van der Waals surface area contributed by atoms with E-state index in [1.165, 1.54) is 25.7 Å². The number of nitrogens with zero attached hydrogens (tertiary/aromatic N) is 3. The summed E-state index contributed by atoms with van der Waals surface area (Å²) in [6.45, 7) is 12.2. The zero-order valence-electron chi connectivity index (χ0n) is 14.4. The zero-order valence-corrected chi connectivity index (χ0v) is 14.4. The Morgan fingerprint density at radius 3 is 2.52 bits per heavy atom. The number of rotatable bonds is 6. The van der Waals surface area contributed by atoms with E-state index in [0.717, 1.165) is 24.7 Å². The quantitative estimate of drug-likeness (QED) is 0.871. The summed E-state index contributed by atoms with van der Waals surface area (Å²) in [5, 5.41) is 8.09. The summed E-state index contributed by atoms with van der Waals surface area (Å²) in [4.78, 5) is 4.52. The minimum Gasteiger partial charge on any atom is -0.312 e. The lowest BCUT2D eigenvalue weighted by atomic mass is 9.87. The molecular weight excluding hydrogens is 260 g/mol. The van der Waals surface area contributed by atoms with Gasteiger partial charge in [-0.05, 0) is 53.0 Å². The Morgan fingerprint density at radius 1 is 1.29 bits per heavy atom. The van der Waals surface area contributed by atoms with E-state index in [4.69, 9.17) is 0 Å². The summed E-state index contributed by atoms with van der Waals surface area (Å²) in [5.41, 5.74) is 0.183. The average molecular weight is 292 g/mol. The van der Waals surface area contributed by atoms with Crippen molar-refractivity contribution in [1.82, 2.24) is 20.1 Å². The number of aromatic nitrogens is 3. The molecule has 1 atom stereocenters. The van der Waals surface area contributed by atoms with E-state index in [2.05, 4.69) is 54.7 Å². The molecule has 0 bridgehead atoms. The predicted molar refractivity (Wildman–Crippen MR) is 87.3 cm³/mol. The summed E-state index contributed by atoms with van der Waals surface area (Å²) in [5.74, 6) is 2.67. The second-order valence-corrected chi connectivity index (χ2v) is 7.85. The molecule has 0 aromatic carbocycles. The van der Waals surface area contributed by atoms with Gasteiger partial charge in [-0.2, -0.15) is 5.10 Å². The fourth-order valence-corrected chi connectivity index (χ4v) is 3.36. The normalized spacial score (nSPS) is 18.6. The van der Waals surface area contributed by atoms with Crippen LogP contribution in [0.15, 0.2) is 6.33 Å². The zero-order chi connectivity index (χ0) is 15.5. The number of hydrogen-bond donors (Lipinski definition) is 1. The minimum atomic E-state index is 0.183. The second kappa shape index (κ2) is 6.91. The molecule has 1 N–H and O–H groups in total. The van der Waals surface area contributed by atoms with Crippen LogP contribution < -0.4 is 5.32 Å². The van der Waals surface area contributed by atoms with Gasteiger partial charge in [-0.3, -0.25) is 0 Å². The molecule has 1 aromatic heterocycles. The van der Waals surface area contributed by atoms with Gasteiger partial charge in [0, 0.05) is 18.0 Å². The second-order valence-electron chi connectivity index (χ2n) is 7.85. The standard InChI is InChI=1S/C17H32N4/c1-13(2)21-16(18-12-20-21)10-15(11-19-17(3,4)5)14-8-6-7-9-14/h12-15,19H,6-11H2,1-5H3. The fourth-order valence-electron chi connectivity index (χ4n) is 3.36. The van der Waals surface area contributed by atoms with E-state index in [1.807, 2.05) is 0 Å². The summed E-state index contributed by atoms with van der Waals surface area (Å²) in [6, 6.07) is 0.391. The van der Waals surface area contributed by atoms with E-state index >= 15 is 0 Å². The third kappa shape index (κ3) is 4.80. The number of hydrogen-bond acceptors (Lipinski definition) is 3. The number of nitrogens with one attached hydrogen (secondary N) is 1. The molecule has 21 heavy (non-hydrogen) atoms. The molecule has 1 aliphatic rings. The first kappa shape index (κ1) is 16.5. The molecule has 1 aliphatic carbocycles. The first-order valence-corrected chi connectivity index (χ1v) is 8.50. The van der Waals surface area contributed by atoms with Crippen LogP contribution in [-0.4, -0.2) is 26.8 Å². The van der Waals surface area contributed by atoms with E-state index in [0.29, 0.717) is 12.0 Å². The lowest BCUT2D eigenvalue weighted by Crippen LogP contribution is -2.41. The lowest BCUT2D eigenvalue weighted by molar-refractivity contribution is 0.278. The van der Waals surface area contributed by atoms with E-state index in [9.17, 15) is 0 Å². The molecule has 1 heterocycles. The topological polar surface area (TPSA) is 42.7 Å². The molecule has 0 saturated heterocycles. The summed E-state index contributed by atoms with van der Waals surface area (Å²) in [7, 11) is 0. The maximum atomic E-state index is 4.52. The Labute approximate surface area is 129 Å². The largest absolute Gasteiger partial charge is 0.312 e. The van der Waals surface area contributed by atoms with Gasteiger partial charge in [0.2, 0.25) is 0 Å². The van der Waals surface area contributed by atoms with Crippen LogP contribution in [-0.2, 0) is 6.42 Å². The van der Waals surface area contributed by atoms with Crippen molar-refractivity contribution in [3.8, 4) is 0 Å². The molecule has 0 spiro atoms. The third-order valence-corrected chi connectivity index (χ3v) is 4.54. The van der Waals surface area contributed by atoms with Crippen LogP contribution >= 0.6 is 0 Å². The van der Waals surface area contributed by atoms with Crippen LogP contribution in [0.5, 0.6) is 0 Å². The molecule has 120 valence electrons. The molecule has 2 rings (SSSR count). The first-order chi connectivity index (χ1) is 9.87. The maximum Gasteiger partial charge on any atom is 0.138 e. The highest BCUT2D eigenvalue weighted by molar-refractivity contribution is 4.93. The van der Waals surface area contributed by atoms with Gasteiger partial charge in [-0.25, -0.2) is 9.67 Å². The highest BCUT2D eigenvalue weighted by Gasteiger charge is 2.27. The molecule has 1 fully saturated rings. The highest BCUT2D eigenvalue weighted by Crippen LogP contribution is 2.33. The monoisotopic (exact) mass is 292 g/mol. The fraction of sp³-hybridized carbons (Fsp3) is 0.882. The Morgan fingerprint density at radius 2 is 1.95 bits per heavy atom. The SMILES string of the molecule is CC(C)n1ncnc1CC(CNC(C)(C)C)C1CCCC1. The van der Waals surface area contributed by atoms with Crippen molar-refractivity contribution < 1.29 is 0 Å². The average Bonchev–Trinajstić information content (AvgIpc) is 3.04. The van der Waals surface area contributed by atoms with Crippen LogP contribution in [0.25, 0.3) is 0 Å². The highest BCUT2D eigenvalue weighted by atomic mass is 15.3. The smallest absolute Gasteiger partial charge is 0.138 e. The summed E-state index contributed by atoms with van der Waals surface area (Å²) in [6.07, 6.45) is 8.31. The summed E-state index contributed by atoms with van der Waals surface area (Å²) < 4.78 is 2.08. The Bertz CT molecular complexity index is 424. The van der Waals surface area contributed by atoms with Crippen LogP contribution in [0, 0.1) is 11.8 Å². The lowest BCUT2D eigenvalue weighted by Gasteiger charge is -2.29. The minimum absolute atomic E-state index is 0.183. The van der Waals surface area contributed by atoms with Crippen LogP contribution in [0.3, 0.4) is 0 Å². The van der Waals surface area contributed by atoms with Crippen molar-refractivity contribution in [2.75, 3.05) is 6.54 Å². The van der Waals surface area contributed by atoms with Gasteiger partial charge in [0.25, 0.3) is 0 Å². The van der Waals surface area contributed by atoms with Crippen LogP contribution in [0.4, 0.5) is 0 Å². The van der Waals surface area contributed by atoms with Crippen molar-refractivity contribution in [2.24, 2.45) is 11.8 Å². The molecule has 0 aliphatic heterocycles. The molecule has 0 amide bonds. The maximum absolute atomic E-state index is 4.52. The molecule has 4 heteroatoms. The first-order valence-electron chi connectivity index (χ1n) is 8.50. The van der Waals surface area contributed by atoms with Crippen molar-refractivity contribution in [3.63, 3.8) is 0 Å². The Hall–Kier alpha value is -0.900. The van der Waals surface area contributed by atoms with Crippen molar-refractivity contribution in [2.45, 2.75) is 78.3 Å². The Kier molecular flexibility index (Phi) is 5.42. The predicted octanol–water partition coefficient (Wildman–Crippen LogP) is 3.60. The van der Waals surface area contributed by atoms with Crippen LogP contribution in [0.1, 0.15) is 72.2 Å². The van der Waals surface area contributed by atoms with Crippen molar-refractivity contribution >= 4 is 0 Å². The molecule has 4 nitrogen and oxygen atoms in total. The van der Waals surface area contributed by atoms with Gasteiger partial charge < -0.3 is 5.32 Å². The summed E-state index contributed by atoms with van der Waals surface area (Å²) >= 11 is 0. The van der Waals surface area contributed by atoms with Crippen molar-refractivity contribution in [3.05, 3.63) is 12.2 Å². The molecule has 1 unspecified atom stereocenters.